The van der Waals surface area contributed by atoms with Crippen molar-refractivity contribution < 1.29 is 26.4 Å². The number of aromatic nitrogens is 1. The first-order chi connectivity index (χ1) is 15.7. The van der Waals surface area contributed by atoms with Gasteiger partial charge in [0, 0.05) is 20.3 Å². The summed E-state index contributed by atoms with van der Waals surface area (Å²) in [6.45, 7) is 0. The molecule has 180 valence electrons. The Morgan fingerprint density at radius 2 is 1.59 bits per heavy atom. The smallest absolute Gasteiger partial charge is 0.309 e. The van der Waals surface area contributed by atoms with E-state index in [-0.39, 0.29) is 21.4 Å². The zero-order valence-electron chi connectivity index (χ0n) is 17.4. The fourth-order valence-electron chi connectivity index (χ4n) is 3.00. The number of carbonyl (C=O) groups is 1. The van der Waals surface area contributed by atoms with Crippen LogP contribution in [0.15, 0.2) is 59.6 Å². The second kappa shape index (κ2) is 9.61. The van der Waals surface area contributed by atoms with E-state index in [1.54, 1.807) is 24.3 Å². The van der Waals surface area contributed by atoms with Crippen LogP contribution >= 0.6 is 34.8 Å². The molecular weight excluding hydrogens is 538 g/mol. The summed E-state index contributed by atoms with van der Waals surface area (Å²) in [7, 11) is -2.11. The van der Waals surface area contributed by atoms with Crippen molar-refractivity contribution in [3.8, 4) is 0 Å². The zero-order chi connectivity index (χ0) is 25.4. The van der Waals surface area contributed by atoms with Crippen LogP contribution in [0.5, 0.6) is 0 Å². The second-order valence-electron chi connectivity index (χ2n) is 6.95. The van der Waals surface area contributed by atoms with Crippen LogP contribution in [0.4, 0.5) is 24.5 Å². The van der Waals surface area contributed by atoms with Crippen molar-refractivity contribution in [1.82, 2.24) is 4.98 Å². The molecule has 0 aliphatic carbocycles. The third kappa shape index (κ3) is 5.10. The van der Waals surface area contributed by atoms with Crippen molar-refractivity contribution in [2.75, 3.05) is 23.3 Å². The number of rotatable bonds is 5. The Morgan fingerprint density at radius 1 is 0.941 bits per heavy atom. The third-order valence-corrected chi connectivity index (χ3v) is 7.42. The van der Waals surface area contributed by atoms with Gasteiger partial charge in [-0.2, -0.15) is 13.2 Å². The Morgan fingerprint density at radius 3 is 2.21 bits per heavy atom. The van der Waals surface area contributed by atoms with Gasteiger partial charge in [0.05, 0.1) is 36.9 Å². The van der Waals surface area contributed by atoms with Crippen LogP contribution in [0.1, 0.15) is 16.1 Å². The molecule has 0 unspecified atom stereocenters. The van der Waals surface area contributed by atoms with Gasteiger partial charge < -0.3 is 4.90 Å². The number of sulfonamides is 1. The summed E-state index contributed by atoms with van der Waals surface area (Å²) < 4.78 is 66.8. The van der Waals surface area contributed by atoms with Crippen molar-refractivity contribution in [3.05, 3.63) is 81.1 Å². The maximum Gasteiger partial charge on any atom is 0.417 e. The topological polar surface area (TPSA) is 70.6 Å². The number of hydrogen-bond donors (Lipinski definition) is 0. The number of halogens is 6. The van der Waals surface area contributed by atoms with E-state index in [4.69, 9.17) is 34.8 Å². The molecule has 3 aromatic rings. The minimum absolute atomic E-state index is 0.00100. The van der Waals surface area contributed by atoms with Gasteiger partial charge in [0.25, 0.3) is 15.9 Å². The summed E-state index contributed by atoms with van der Waals surface area (Å²) in [5.41, 5.74) is -1.56. The molecule has 0 spiro atoms. The highest BCUT2D eigenvalue weighted by Gasteiger charge is 2.36. The van der Waals surface area contributed by atoms with Crippen LogP contribution in [-0.2, 0) is 16.2 Å². The number of hydrogen-bond acceptors (Lipinski definition) is 4. The second-order valence-corrected chi connectivity index (χ2v) is 10.2. The molecule has 6 nitrogen and oxygen atoms in total. The van der Waals surface area contributed by atoms with E-state index in [9.17, 15) is 26.4 Å². The van der Waals surface area contributed by atoms with Gasteiger partial charge in [-0.3, -0.25) is 9.10 Å². The van der Waals surface area contributed by atoms with Gasteiger partial charge >= 0.3 is 6.18 Å². The Bertz CT molecular complexity index is 1370. The number of pyridine rings is 1. The normalized spacial score (nSPS) is 11.9. The Labute approximate surface area is 208 Å². The molecule has 0 N–H and O–H groups in total. The summed E-state index contributed by atoms with van der Waals surface area (Å²) >= 11 is 17.7. The highest BCUT2D eigenvalue weighted by molar-refractivity contribution is 7.92. The van der Waals surface area contributed by atoms with Crippen LogP contribution in [-0.4, -0.2) is 33.4 Å². The molecule has 34 heavy (non-hydrogen) atoms. The number of alkyl halides is 3. The Kier molecular flexibility index (Phi) is 7.37. The van der Waals surface area contributed by atoms with Crippen LogP contribution < -0.4 is 9.21 Å². The molecule has 3 rings (SSSR count). The van der Waals surface area contributed by atoms with Gasteiger partial charge in [-0.1, -0.05) is 46.9 Å². The average Bonchev–Trinajstić information content (AvgIpc) is 2.77. The molecule has 0 aliphatic rings. The lowest BCUT2D eigenvalue weighted by Crippen LogP contribution is -2.33. The molecule has 2 aromatic carbocycles. The Balaban J connectivity index is 2.10. The summed E-state index contributed by atoms with van der Waals surface area (Å²) in [6.07, 6.45) is -3.74. The molecule has 0 aliphatic heterocycles. The monoisotopic (exact) mass is 551 g/mol. The predicted octanol–water partition coefficient (Wildman–Crippen LogP) is 6.16. The summed E-state index contributed by atoms with van der Waals surface area (Å²) in [5.74, 6) is -0.728. The largest absolute Gasteiger partial charge is 0.417 e. The van der Waals surface area contributed by atoms with E-state index >= 15 is 0 Å². The van der Waals surface area contributed by atoms with Crippen molar-refractivity contribution >= 4 is 62.1 Å². The van der Waals surface area contributed by atoms with E-state index < -0.39 is 37.6 Å². The molecule has 1 aromatic heterocycles. The Hall–Kier alpha value is -2.53. The summed E-state index contributed by atoms with van der Waals surface area (Å²) in [6, 6.07) is 9.80. The van der Waals surface area contributed by atoms with Crippen molar-refractivity contribution in [2.24, 2.45) is 0 Å². The number of anilines is 2. The first-order valence-electron chi connectivity index (χ1n) is 9.29. The minimum Gasteiger partial charge on any atom is -0.309 e. The molecule has 0 bridgehead atoms. The first kappa shape index (κ1) is 26.1. The maximum absolute atomic E-state index is 13.3. The fourth-order valence-corrected chi connectivity index (χ4v) is 4.86. The van der Waals surface area contributed by atoms with Gasteiger partial charge in [0.1, 0.15) is 0 Å². The lowest BCUT2D eigenvalue weighted by molar-refractivity contribution is -0.137. The lowest BCUT2D eigenvalue weighted by atomic mass is 10.2. The van der Waals surface area contributed by atoms with Gasteiger partial charge in [-0.05, 0) is 36.4 Å². The molecule has 0 radical (unpaired) electrons. The van der Waals surface area contributed by atoms with Crippen LogP contribution in [0.2, 0.25) is 15.1 Å². The van der Waals surface area contributed by atoms with Crippen LogP contribution in [0, 0.1) is 0 Å². The zero-order valence-corrected chi connectivity index (χ0v) is 20.5. The van der Waals surface area contributed by atoms with E-state index in [1.165, 1.54) is 13.1 Å². The van der Waals surface area contributed by atoms with Gasteiger partial charge in [0.15, 0.2) is 5.69 Å². The molecule has 0 fully saturated rings. The van der Waals surface area contributed by atoms with E-state index in [2.05, 4.69) is 4.98 Å². The van der Waals surface area contributed by atoms with E-state index in [0.29, 0.717) is 16.1 Å². The van der Waals surface area contributed by atoms with Crippen molar-refractivity contribution in [2.45, 2.75) is 11.1 Å². The SMILES string of the molecule is CN(C(=O)c1ncc(Cl)cc1N(C)S(=O)(=O)c1ccc(Cl)c(C(F)(F)F)c1)c1ccccc1Cl. The number of para-hydroxylation sites is 1. The van der Waals surface area contributed by atoms with Crippen molar-refractivity contribution in [3.63, 3.8) is 0 Å². The van der Waals surface area contributed by atoms with E-state index in [0.717, 1.165) is 30.3 Å². The maximum atomic E-state index is 13.3. The number of nitrogens with zero attached hydrogens (tertiary/aromatic N) is 3. The predicted molar refractivity (Wildman–Crippen MR) is 125 cm³/mol. The lowest BCUT2D eigenvalue weighted by Gasteiger charge is -2.24. The number of carbonyl (C=O) groups excluding carboxylic acids is 1. The molecule has 0 saturated heterocycles. The minimum atomic E-state index is -4.88. The van der Waals surface area contributed by atoms with Crippen LogP contribution in [0.3, 0.4) is 0 Å². The highest BCUT2D eigenvalue weighted by atomic mass is 35.5. The van der Waals surface area contributed by atoms with E-state index in [1.807, 2.05) is 0 Å². The average molecular weight is 553 g/mol. The highest BCUT2D eigenvalue weighted by Crippen LogP contribution is 2.37. The fraction of sp³-hybridized carbons (Fsp3) is 0.143. The molecule has 0 saturated carbocycles. The van der Waals surface area contributed by atoms with Gasteiger partial charge in [-0.25, -0.2) is 13.4 Å². The molecular formula is C21H15Cl3F3N3O3S. The standard InChI is InChI=1S/C21H15Cl3F3N3O3S/c1-29(17-6-4-3-5-16(17)24)20(31)19-18(9-12(22)11-28-19)30(2)34(32,33)13-7-8-15(23)14(10-13)21(25,26)27/h3-11H,1-2H3. The number of benzene rings is 2. The van der Waals surface area contributed by atoms with Gasteiger partial charge in [0.2, 0.25) is 0 Å². The molecule has 13 heteroatoms. The van der Waals surface area contributed by atoms with Crippen LogP contribution in [0.25, 0.3) is 0 Å². The molecule has 1 amide bonds. The quantitative estimate of drug-likeness (QED) is 0.380. The number of amides is 1. The van der Waals surface area contributed by atoms with Crippen molar-refractivity contribution in [1.29, 1.82) is 0 Å². The third-order valence-electron chi connectivity index (χ3n) is 4.80. The summed E-state index contributed by atoms with van der Waals surface area (Å²) in [4.78, 5) is 17.7. The molecule has 0 atom stereocenters. The van der Waals surface area contributed by atoms with Gasteiger partial charge in [-0.15, -0.1) is 0 Å². The first-order valence-corrected chi connectivity index (χ1v) is 11.9. The summed E-state index contributed by atoms with van der Waals surface area (Å²) in [5, 5.41) is -0.396. The molecule has 1 heterocycles.